The van der Waals surface area contributed by atoms with Gasteiger partial charge in [-0.15, -0.1) is 0 Å². The highest BCUT2D eigenvalue weighted by atomic mass is 19.1. The molecule has 1 aromatic carbocycles. The van der Waals surface area contributed by atoms with Gasteiger partial charge in [-0.2, -0.15) is 0 Å². The molecule has 0 aliphatic heterocycles. The predicted molar refractivity (Wildman–Crippen MR) is 80.8 cm³/mol. The molecule has 1 aliphatic rings. The van der Waals surface area contributed by atoms with Gasteiger partial charge < -0.3 is 10.1 Å². The summed E-state index contributed by atoms with van der Waals surface area (Å²) in [7, 11) is 1.35. The summed E-state index contributed by atoms with van der Waals surface area (Å²) in [6, 6.07) is 6.21. The van der Waals surface area contributed by atoms with E-state index in [-0.39, 0.29) is 17.7 Å². The zero-order chi connectivity index (χ0) is 16.0. The van der Waals surface area contributed by atoms with Crippen LogP contribution < -0.4 is 5.32 Å². The summed E-state index contributed by atoms with van der Waals surface area (Å²) in [6.45, 7) is 0.441. The maximum Gasteiger partial charge on any atom is 0.305 e. The lowest BCUT2D eigenvalue weighted by molar-refractivity contribution is -0.140. The summed E-state index contributed by atoms with van der Waals surface area (Å²) < 4.78 is 17.7. The Kier molecular flexibility index (Phi) is 5.52. The van der Waals surface area contributed by atoms with Crippen LogP contribution in [0, 0.1) is 5.82 Å². The van der Waals surface area contributed by atoms with Crippen LogP contribution in [-0.2, 0) is 19.7 Å². The smallest absolute Gasteiger partial charge is 0.305 e. The molecule has 22 heavy (non-hydrogen) atoms. The zero-order valence-electron chi connectivity index (χ0n) is 12.9. The first-order valence-corrected chi connectivity index (χ1v) is 7.70. The van der Waals surface area contributed by atoms with Gasteiger partial charge in [0, 0.05) is 13.0 Å². The van der Waals surface area contributed by atoms with Crippen molar-refractivity contribution in [1.82, 2.24) is 5.32 Å². The van der Waals surface area contributed by atoms with E-state index in [1.165, 1.54) is 19.2 Å². The highest BCUT2D eigenvalue weighted by molar-refractivity contribution is 5.88. The summed E-state index contributed by atoms with van der Waals surface area (Å²) >= 11 is 0. The second-order valence-electron chi connectivity index (χ2n) is 5.73. The van der Waals surface area contributed by atoms with Crippen molar-refractivity contribution in [2.45, 2.75) is 43.9 Å². The van der Waals surface area contributed by atoms with E-state index >= 15 is 0 Å². The van der Waals surface area contributed by atoms with Gasteiger partial charge in [0.05, 0.1) is 12.5 Å². The number of carbonyl (C=O) groups is 2. The van der Waals surface area contributed by atoms with Crippen molar-refractivity contribution in [2.75, 3.05) is 13.7 Å². The Bertz CT molecular complexity index is 521. The lowest BCUT2D eigenvalue weighted by atomic mass is 9.78. The monoisotopic (exact) mass is 307 g/mol. The summed E-state index contributed by atoms with van der Waals surface area (Å²) in [4.78, 5) is 23.7. The Morgan fingerprint density at radius 2 is 1.86 bits per heavy atom. The van der Waals surface area contributed by atoms with Crippen molar-refractivity contribution in [3.63, 3.8) is 0 Å². The SMILES string of the molecule is COC(=O)CCCNC(=O)C1(c2ccc(F)cc2)CCCC1. The molecule has 1 aliphatic carbocycles. The van der Waals surface area contributed by atoms with Crippen molar-refractivity contribution in [3.05, 3.63) is 35.6 Å². The molecule has 1 aromatic rings. The van der Waals surface area contributed by atoms with E-state index in [2.05, 4.69) is 10.1 Å². The Hall–Kier alpha value is -1.91. The number of rotatable bonds is 6. The second-order valence-corrected chi connectivity index (χ2v) is 5.73. The molecule has 0 spiro atoms. The van der Waals surface area contributed by atoms with E-state index < -0.39 is 5.41 Å². The van der Waals surface area contributed by atoms with Gasteiger partial charge in [-0.25, -0.2) is 4.39 Å². The minimum atomic E-state index is -0.557. The van der Waals surface area contributed by atoms with Crippen molar-refractivity contribution in [2.24, 2.45) is 0 Å². The molecule has 120 valence electrons. The molecule has 4 nitrogen and oxygen atoms in total. The average molecular weight is 307 g/mol. The Morgan fingerprint density at radius 1 is 1.23 bits per heavy atom. The van der Waals surface area contributed by atoms with Gasteiger partial charge in [0.25, 0.3) is 0 Å². The fourth-order valence-corrected chi connectivity index (χ4v) is 3.10. The third-order valence-corrected chi connectivity index (χ3v) is 4.36. The van der Waals surface area contributed by atoms with E-state index in [4.69, 9.17) is 0 Å². The lowest BCUT2D eigenvalue weighted by Gasteiger charge is -2.28. The van der Waals surface area contributed by atoms with Crippen LogP contribution in [-0.4, -0.2) is 25.5 Å². The zero-order valence-corrected chi connectivity index (χ0v) is 12.9. The number of halogens is 1. The van der Waals surface area contributed by atoms with E-state index in [0.29, 0.717) is 19.4 Å². The van der Waals surface area contributed by atoms with E-state index in [1.54, 1.807) is 12.1 Å². The van der Waals surface area contributed by atoms with Gasteiger partial charge in [0.1, 0.15) is 5.82 Å². The third-order valence-electron chi connectivity index (χ3n) is 4.36. The number of ether oxygens (including phenoxy) is 1. The number of nitrogens with one attached hydrogen (secondary N) is 1. The number of hydrogen-bond acceptors (Lipinski definition) is 3. The first-order valence-electron chi connectivity index (χ1n) is 7.70. The number of carbonyl (C=O) groups excluding carboxylic acids is 2. The molecular weight excluding hydrogens is 285 g/mol. The van der Waals surface area contributed by atoms with Crippen LogP contribution in [0.4, 0.5) is 4.39 Å². The lowest BCUT2D eigenvalue weighted by Crippen LogP contribution is -2.43. The van der Waals surface area contributed by atoms with Crippen LogP contribution in [0.5, 0.6) is 0 Å². The topological polar surface area (TPSA) is 55.4 Å². The van der Waals surface area contributed by atoms with Crippen molar-refractivity contribution in [3.8, 4) is 0 Å². The van der Waals surface area contributed by atoms with Gasteiger partial charge in [0.2, 0.25) is 5.91 Å². The second kappa shape index (κ2) is 7.38. The number of methoxy groups -OCH3 is 1. The molecule has 1 N–H and O–H groups in total. The molecule has 1 amide bonds. The number of esters is 1. The van der Waals surface area contributed by atoms with Gasteiger partial charge in [-0.1, -0.05) is 25.0 Å². The molecule has 0 atom stereocenters. The molecular formula is C17H22FNO3. The highest BCUT2D eigenvalue weighted by Crippen LogP contribution is 2.41. The van der Waals surface area contributed by atoms with Crippen molar-refractivity contribution >= 4 is 11.9 Å². The van der Waals surface area contributed by atoms with Crippen LogP contribution >= 0.6 is 0 Å². The molecule has 0 unspecified atom stereocenters. The standard InChI is InChI=1S/C17H22FNO3/c1-22-15(20)5-4-12-19-16(21)17(10-2-3-11-17)13-6-8-14(18)9-7-13/h6-9H,2-5,10-12H2,1H3,(H,19,21). The number of benzene rings is 1. The quantitative estimate of drug-likeness (QED) is 0.649. The first kappa shape index (κ1) is 16.5. The molecule has 5 heteroatoms. The van der Waals surface area contributed by atoms with Gasteiger partial charge in [0.15, 0.2) is 0 Å². The van der Waals surface area contributed by atoms with Crippen LogP contribution in [0.15, 0.2) is 24.3 Å². The minimum Gasteiger partial charge on any atom is -0.469 e. The molecule has 0 saturated heterocycles. The van der Waals surface area contributed by atoms with Gasteiger partial charge in [-0.3, -0.25) is 9.59 Å². The Balaban J connectivity index is 2.00. The molecule has 0 heterocycles. The first-order chi connectivity index (χ1) is 10.6. The fraction of sp³-hybridized carbons (Fsp3) is 0.529. The molecule has 0 bridgehead atoms. The Morgan fingerprint density at radius 3 is 2.45 bits per heavy atom. The van der Waals surface area contributed by atoms with E-state index in [0.717, 1.165) is 31.2 Å². The normalized spacial score (nSPS) is 16.3. The molecule has 1 saturated carbocycles. The van der Waals surface area contributed by atoms with Crippen LogP contribution in [0.3, 0.4) is 0 Å². The van der Waals surface area contributed by atoms with Crippen LogP contribution in [0.1, 0.15) is 44.1 Å². The summed E-state index contributed by atoms with van der Waals surface area (Å²) in [6.07, 6.45) is 4.39. The van der Waals surface area contributed by atoms with Crippen molar-refractivity contribution < 1.29 is 18.7 Å². The van der Waals surface area contributed by atoms with Gasteiger partial charge >= 0.3 is 5.97 Å². The molecule has 1 fully saturated rings. The Labute approximate surface area is 130 Å². The molecule has 2 rings (SSSR count). The fourth-order valence-electron chi connectivity index (χ4n) is 3.10. The maximum atomic E-state index is 13.1. The maximum absolute atomic E-state index is 13.1. The van der Waals surface area contributed by atoms with Crippen molar-refractivity contribution in [1.29, 1.82) is 0 Å². The number of amides is 1. The van der Waals surface area contributed by atoms with E-state index in [9.17, 15) is 14.0 Å². The summed E-state index contributed by atoms with van der Waals surface area (Å²) in [5.74, 6) is -0.597. The molecule has 0 radical (unpaired) electrons. The summed E-state index contributed by atoms with van der Waals surface area (Å²) in [5, 5.41) is 2.92. The van der Waals surface area contributed by atoms with Crippen LogP contribution in [0.25, 0.3) is 0 Å². The highest BCUT2D eigenvalue weighted by Gasteiger charge is 2.42. The minimum absolute atomic E-state index is 0.0264. The van der Waals surface area contributed by atoms with Gasteiger partial charge in [-0.05, 0) is 37.0 Å². The average Bonchev–Trinajstić information content (AvgIpc) is 3.02. The predicted octanol–water partition coefficient (Wildman–Crippen LogP) is 2.71. The third kappa shape index (κ3) is 3.64. The summed E-state index contributed by atoms with van der Waals surface area (Å²) in [5.41, 5.74) is 0.316. The molecule has 0 aromatic heterocycles. The van der Waals surface area contributed by atoms with E-state index in [1.807, 2.05) is 0 Å². The largest absolute Gasteiger partial charge is 0.469 e. The number of hydrogen-bond donors (Lipinski definition) is 1. The van der Waals surface area contributed by atoms with Crippen LogP contribution in [0.2, 0.25) is 0 Å².